The molecule has 0 bridgehead atoms. The highest BCUT2D eigenvalue weighted by molar-refractivity contribution is 5.94. The second-order valence-corrected chi connectivity index (χ2v) is 6.73. The van der Waals surface area contributed by atoms with E-state index in [1.807, 2.05) is 18.2 Å². The minimum Gasteiger partial charge on any atom is -0.496 e. The number of Topliss-reactive ketones (excluding diaryl/α,β-unsaturated/α-hetero) is 1. The minimum absolute atomic E-state index is 0.0874. The maximum atomic E-state index is 11.7. The summed E-state index contributed by atoms with van der Waals surface area (Å²) in [5.41, 5.74) is 3.16. The van der Waals surface area contributed by atoms with Gasteiger partial charge in [-0.3, -0.25) is 14.6 Å². The third-order valence-electron chi connectivity index (χ3n) is 5.00. The van der Waals surface area contributed by atoms with Crippen molar-refractivity contribution in [1.82, 2.24) is 9.80 Å². The van der Waals surface area contributed by atoms with Crippen LogP contribution in [0.15, 0.2) is 48.5 Å². The molecule has 25 heavy (non-hydrogen) atoms. The molecule has 1 atom stereocenters. The lowest BCUT2D eigenvalue weighted by atomic mass is 10.0. The number of piperazine rings is 1. The van der Waals surface area contributed by atoms with Gasteiger partial charge in [0.15, 0.2) is 5.78 Å². The fourth-order valence-corrected chi connectivity index (χ4v) is 3.47. The summed E-state index contributed by atoms with van der Waals surface area (Å²) in [4.78, 5) is 16.6. The Morgan fingerprint density at radius 2 is 1.92 bits per heavy atom. The van der Waals surface area contributed by atoms with Gasteiger partial charge in [-0.15, -0.1) is 0 Å². The monoisotopic (exact) mass is 338 g/mol. The minimum atomic E-state index is 0.0874. The molecule has 0 radical (unpaired) electrons. The third kappa shape index (κ3) is 4.09. The van der Waals surface area contributed by atoms with Crippen LogP contribution in [-0.4, -0.2) is 49.4 Å². The third-order valence-corrected chi connectivity index (χ3v) is 5.00. The lowest BCUT2D eigenvalue weighted by Gasteiger charge is -2.40. The zero-order valence-corrected chi connectivity index (χ0v) is 15.2. The van der Waals surface area contributed by atoms with Gasteiger partial charge < -0.3 is 4.74 Å². The number of carbonyl (C=O) groups excluding carboxylic acids is 1. The van der Waals surface area contributed by atoms with E-state index in [9.17, 15) is 4.79 Å². The predicted octanol–water partition coefficient (Wildman–Crippen LogP) is 3.39. The first-order valence-electron chi connectivity index (χ1n) is 8.74. The number of nitrogens with zero attached hydrogens (tertiary/aromatic N) is 2. The molecular weight excluding hydrogens is 312 g/mol. The average molecular weight is 338 g/mol. The van der Waals surface area contributed by atoms with Gasteiger partial charge in [0.2, 0.25) is 0 Å². The maximum absolute atomic E-state index is 11.7. The molecular formula is C21H26N2O2. The van der Waals surface area contributed by atoms with E-state index in [4.69, 9.17) is 4.74 Å². The fraction of sp³-hybridized carbons (Fsp3) is 0.381. The van der Waals surface area contributed by atoms with Crippen LogP contribution in [0, 0.1) is 0 Å². The Kier molecular flexibility index (Phi) is 5.51. The van der Waals surface area contributed by atoms with Gasteiger partial charge in [-0.1, -0.05) is 30.3 Å². The van der Waals surface area contributed by atoms with E-state index in [1.165, 1.54) is 5.56 Å². The van der Waals surface area contributed by atoms with Crippen LogP contribution in [0.5, 0.6) is 5.75 Å². The molecule has 1 fully saturated rings. The first-order valence-corrected chi connectivity index (χ1v) is 8.74. The van der Waals surface area contributed by atoms with E-state index in [0.717, 1.165) is 43.1 Å². The van der Waals surface area contributed by atoms with E-state index in [2.05, 4.69) is 47.2 Å². The number of likely N-dealkylation sites (N-methyl/N-ethyl adjacent to an activating group) is 1. The lowest BCUT2D eigenvalue weighted by molar-refractivity contribution is 0.0898. The highest BCUT2D eigenvalue weighted by Gasteiger charge is 2.26. The summed E-state index contributed by atoms with van der Waals surface area (Å²) in [6.07, 6.45) is 0. The number of hydrogen-bond donors (Lipinski definition) is 0. The smallest absolute Gasteiger partial charge is 0.159 e. The number of rotatable bonds is 5. The number of carbonyl (C=O) groups is 1. The number of hydrogen-bond acceptors (Lipinski definition) is 4. The fourth-order valence-electron chi connectivity index (χ4n) is 3.47. The first kappa shape index (κ1) is 17.6. The Bertz CT molecular complexity index is 730. The normalized spacial score (nSPS) is 18.9. The predicted molar refractivity (Wildman–Crippen MR) is 100 cm³/mol. The standard InChI is InChI=1S/C21H26N2O2/c1-16(24)18-9-10-21(25-3)19(13-18)14-23-12-11-22(2)20(15-23)17-7-5-4-6-8-17/h4-10,13,20H,11-12,14-15H2,1-3H3. The Balaban J connectivity index is 1.79. The van der Waals surface area contributed by atoms with Crippen molar-refractivity contribution in [1.29, 1.82) is 0 Å². The van der Waals surface area contributed by atoms with Crippen molar-refractivity contribution in [3.63, 3.8) is 0 Å². The molecule has 1 aliphatic heterocycles. The molecule has 3 rings (SSSR count). The first-order chi connectivity index (χ1) is 12.1. The van der Waals surface area contributed by atoms with E-state index < -0.39 is 0 Å². The Hall–Kier alpha value is -2.17. The summed E-state index contributed by atoms with van der Waals surface area (Å²) >= 11 is 0. The molecule has 0 amide bonds. The summed E-state index contributed by atoms with van der Waals surface area (Å²) in [6, 6.07) is 16.7. The van der Waals surface area contributed by atoms with Crippen LogP contribution < -0.4 is 4.74 Å². The summed E-state index contributed by atoms with van der Waals surface area (Å²) in [6.45, 7) is 5.39. The largest absolute Gasteiger partial charge is 0.496 e. The quantitative estimate of drug-likeness (QED) is 0.783. The van der Waals surface area contributed by atoms with Crippen LogP contribution in [0.25, 0.3) is 0 Å². The van der Waals surface area contributed by atoms with Gasteiger partial charge in [0, 0.05) is 43.3 Å². The van der Waals surface area contributed by atoms with Gasteiger partial charge in [0.05, 0.1) is 7.11 Å². The Morgan fingerprint density at radius 3 is 2.60 bits per heavy atom. The van der Waals surface area contributed by atoms with E-state index in [-0.39, 0.29) is 5.78 Å². The summed E-state index contributed by atoms with van der Waals surface area (Å²) in [7, 11) is 3.87. The molecule has 1 saturated heterocycles. The SMILES string of the molecule is COc1ccc(C(C)=O)cc1CN1CCN(C)C(c2ccccc2)C1. The maximum Gasteiger partial charge on any atom is 0.159 e. The molecule has 0 spiro atoms. The molecule has 4 nitrogen and oxygen atoms in total. The topological polar surface area (TPSA) is 32.8 Å². The number of benzene rings is 2. The van der Waals surface area contributed by atoms with Crippen LogP contribution in [0.1, 0.15) is 34.5 Å². The van der Waals surface area contributed by atoms with Crippen molar-refractivity contribution in [2.75, 3.05) is 33.8 Å². The van der Waals surface area contributed by atoms with Crippen LogP contribution >= 0.6 is 0 Å². The van der Waals surface area contributed by atoms with Crippen molar-refractivity contribution in [2.24, 2.45) is 0 Å². The molecule has 132 valence electrons. The summed E-state index contributed by atoms with van der Waals surface area (Å²) in [5, 5.41) is 0. The zero-order chi connectivity index (χ0) is 17.8. The Labute approximate surface area is 150 Å². The molecule has 1 aliphatic rings. The van der Waals surface area contributed by atoms with Crippen LogP contribution in [0.2, 0.25) is 0 Å². The number of methoxy groups -OCH3 is 1. The highest BCUT2D eigenvalue weighted by atomic mass is 16.5. The molecule has 4 heteroatoms. The summed E-state index contributed by atoms with van der Waals surface area (Å²) in [5.74, 6) is 0.935. The van der Waals surface area contributed by atoms with E-state index >= 15 is 0 Å². The second-order valence-electron chi connectivity index (χ2n) is 6.73. The molecule has 0 saturated carbocycles. The Morgan fingerprint density at radius 1 is 1.16 bits per heavy atom. The molecule has 0 aliphatic carbocycles. The second kappa shape index (κ2) is 7.81. The molecule has 2 aromatic rings. The molecule has 1 unspecified atom stereocenters. The summed E-state index contributed by atoms with van der Waals surface area (Å²) < 4.78 is 5.51. The highest BCUT2D eigenvalue weighted by Crippen LogP contribution is 2.27. The van der Waals surface area contributed by atoms with Crippen molar-refractivity contribution >= 4 is 5.78 Å². The van der Waals surface area contributed by atoms with Crippen molar-refractivity contribution < 1.29 is 9.53 Å². The molecule has 0 N–H and O–H groups in total. The van der Waals surface area contributed by atoms with Gasteiger partial charge in [-0.05, 0) is 37.7 Å². The van der Waals surface area contributed by atoms with Crippen LogP contribution in [0.4, 0.5) is 0 Å². The van der Waals surface area contributed by atoms with Gasteiger partial charge in [-0.2, -0.15) is 0 Å². The van der Waals surface area contributed by atoms with Gasteiger partial charge in [0.25, 0.3) is 0 Å². The molecule has 0 aromatic heterocycles. The molecule has 1 heterocycles. The van der Waals surface area contributed by atoms with Crippen LogP contribution in [-0.2, 0) is 6.54 Å². The van der Waals surface area contributed by atoms with Crippen LogP contribution in [0.3, 0.4) is 0 Å². The molecule has 2 aromatic carbocycles. The van der Waals surface area contributed by atoms with Crippen molar-refractivity contribution in [3.8, 4) is 5.75 Å². The van der Waals surface area contributed by atoms with E-state index in [0.29, 0.717) is 6.04 Å². The van der Waals surface area contributed by atoms with Gasteiger partial charge in [-0.25, -0.2) is 0 Å². The number of ether oxygens (including phenoxy) is 1. The van der Waals surface area contributed by atoms with Gasteiger partial charge >= 0.3 is 0 Å². The lowest BCUT2D eigenvalue weighted by Crippen LogP contribution is -2.46. The average Bonchev–Trinajstić information content (AvgIpc) is 2.64. The van der Waals surface area contributed by atoms with Gasteiger partial charge in [0.1, 0.15) is 5.75 Å². The zero-order valence-electron chi connectivity index (χ0n) is 15.2. The number of ketones is 1. The van der Waals surface area contributed by atoms with Crippen molar-refractivity contribution in [2.45, 2.75) is 19.5 Å². The van der Waals surface area contributed by atoms with E-state index in [1.54, 1.807) is 14.0 Å². The van der Waals surface area contributed by atoms with Crippen molar-refractivity contribution in [3.05, 3.63) is 65.2 Å².